The van der Waals surface area contributed by atoms with Crippen molar-refractivity contribution < 1.29 is 54.9 Å². The first-order valence-corrected chi connectivity index (χ1v) is 20.8. The molecular weight excluding hydrogens is 714 g/mol. The number of hydrogen-bond acceptors (Lipinski definition) is 15. The number of ether oxygens (including phenoxy) is 3. The van der Waals surface area contributed by atoms with E-state index in [0.29, 0.717) is 24.5 Å². The summed E-state index contributed by atoms with van der Waals surface area (Å²) in [6.07, 6.45) is 3.78. The van der Waals surface area contributed by atoms with E-state index in [-0.39, 0.29) is 24.2 Å². The first kappa shape index (κ1) is 42.1. The molecule has 0 bridgehead atoms. The molecule has 282 valence electrons. The lowest BCUT2D eigenvalue weighted by atomic mass is 9.98. The highest BCUT2D eigenvalue weighted by atomic mass is 32.2. The number of benzene rings is 1. The van der Waals surface area contributed by atoms with Crippen molar-refractivity contribution in [1.82, 2.24) is 19.7 Å². The number of carbonyl (C=O) groups is 2. The topological polar surface area (TPSA) is 184 Å². The molecule has 2 aliphatic rings. The van der Waals surface area contributed by atoms with Crippen molar-refractivity contribution in [3.63, 3.8) is 0 Å². The molecule has 1 aromatic carbocycles. The summed E-state index contributed by atoms with van der Waals surface area (Å²) in [4.78, 5) is 24.6. The first-order valence-electron chi connectivity index (χ1n) is 16.2. The van der Waals surface area contributed by atoms with Crippen LogP contribution in [0.1, 0.15) is 61.3 Å². The van der Waals surface area contributed by atoms with Crippen molar-refractivity contribution in [3.8, 4) is 0 Å². The smallest absolute Gasteiger partial charge is 0.388 e. The van der Waals surface area contributed by atoms with E-state index in [9.17, 15) is 22.6 Å². The molecule has 2 aliphatic heterocycles. The maximum Gasteiger partial charge on any atom is 0.388 e. The summed E-state index contributed by atoms with van der Waals surface area (Å²) in [5.74, 6) is -1.12. The molecule has 50 heavy (non-hydrogen) atoms. The molecule has 4 rings (SSSR count). The summed E-state index contributed by atoms with van der Waals surface area (Å²) in [7, 11) is -8.36. The van der Waals surface area contributed by atoms with Crippen LogP contribution in [0.25, 0.3) is 0 Å². The lowest BCUT2D eigenvalue weighted by molar-refractivity contribution is -0.161. The number of nitrogens with zero attached hydrogens (tertiary/aromatic N) is 4. The SMILES string of the molecule is CCCN1CCOP1OC1CCOC1Cn1cc(P(=O)(OCOC(=O)C(C)(C)C)OCOC(=O)C(C)(C)C)nn1.CS(=O)(=O)c1ccccc1. The number of hydrogen-bond donors (Lipinski definition) is 0. The molecule has 3 heterocycles. The van der Waals surface area contributed by atoms with Crippen LogP contribution in [0.15, 0.2) is 41.4 Å². The van der Waals surface area contributed by atoms with Crippen LogP contribution in [0.2, 0.25) is 0 Å². The van der Waals surface area contributed by atoms with Crippen LogP contribution < -0.4 is 5.44 Å². The summed E-state index contributed by atoms with van der Waals surface area (Å²) < 4.78 is 78.0. The molecule has 3 atom stereocenters. The number of aromatic nitrogens is 3. The van der Waals surface area contributed by atoms with E-state index >= 15 is 0 Å². The van der Waals surface area contributed by atoms with E-state index in [1.807, 2.05) is 0 Å². The molecule has 2 aromatic rings. The second-order valence-electron chi connectivity index (χ2n) is 13.6. The van der Waals surface area contributed by atoms with Crippen LogP contribution in [-0.4, -0.2) is 98.4 Å². The minimum absolute atomic E-state index is 0.140. The molecule has 1 aromatic heterocycles. The summed E-state index contributed by atoms with van der Waals surface area (Å²) in [6, 6.07) is 8.35. The Balaban J connectivity index is 0.000000578. The predicted octanol–water partition coefficient (Wildman–Crippen LogP) is 4.46. The average molecular weight is 765 g/mol. The van der Waals surface area contributed by atoms with Gasteiger partial charge in [-0.25, -0.2) is 17.8 Å². The summed E-state index contributed by atoms with van der Waals surface area (Å²) in [5, 5.41) is 8.05. The minimum Gasteiger partial charge on any atom is -0.438 e. The Kier molecular flexibility index (Phi) is 15.5. The van der Waals surface area contributed by atoms with Gasteiger partial charge in [-0.1, -0.05) is 30.3 Å². The average Bonchev–Trinajstić information content (AvgIpc) is 3.80. The third-order valence-corrected chi connectivity index (χ3v) is 11.5. The Labute approximate surface area is 295 Å². The van der Waals surface area contributed by atoms with Gasteiger partial charge in [0.2, 0.25) is 13.6 Å². The molecule has 19 heteroatoms. The molecule has 3 unspecified atom stereocenters. The van der Waals surface area contributed by atoms with Gasteiger partial charge in [0.05, 0.1) is 41.2 Å². The van der Waals surface area contributed by atoms with E-state index in [0.717, 1.165) is 19.5 Å². The zero-order valence-corrected chi connectivity index (χ0v) is 32.6. The van der Waals surface area contributed by atoms with Crippen LogP contribution in [-0.2, 0) is 62.8 Å². The predicted molar refractivity (Wildman–Crippen MR) is 184 cm³/mol. The molecule has 0 aliphatic carbocycles. The molecular formula is C31H50N4O12P2S. The van der Waals surface area contributed by atoms with Crippen LogP contribution in [0, 0.1) is 10.8 Å². The molecule has 2 fully saturated rings. The maximum absolute atomic E-state index is 13.7. The minimum atomic E-state index is -4.21. The van der Waals surface area contributed by atoms with Crippen molar-refractivity contribution in [2.24, 2.45) is 10.8 Å². The summed E-state index contributed by atoms with van der Waals surface area (Å²) >= 11 is 0. The summed E-state index contributed by atoms with van der Waals surface area (Å²) in [5.41, 5.74) is -1.73. The Morgan fingerprint density at radius 3 is 2.12 bits per heavy atom. The van der Waals surface area contributed by atoms with Gasteiger partial charge in [-0.15, -0.1) is 5.10 Å². The first-order chi connectivity index (χ1) is 23.3. The van der Waals surface area contributed by atoms with Crippen LogP contribution in [0.5, 0.6) is 0 Å². The van der Waals surface area contributed by atoms with Gasteiger partial charge in [0.15, 0.2) is 15.3 Å². The van der Waals surface area contributed by atoms with Crippen molar-refractivity contribution in [2.75, 3.05) is 46.1 Å². The zero-order chi connectivity index (χ0) is 37.2. The van der Waals surface area contributed by atoms with E-state index in [4.69, 9.17) is 32.3 Å². The van der Waals surface area contributed by atoms with Gasteiger partial charge in [-0.2, -0.15) is 0 Å². The lowest BCUT2D eigenvalue weighted by Gasteiger charge is -2.26. The van der Waals surface area contributed by atoms with Gasteiger partial charge < -0.3 is 23.3 Å². The van der Waals surface area contributed by atoms with Crippen LogP contribution in [0.4, 0.5) is 0 Å². The van der Waals surface area contributed by atoms with E-state index in [1.165, 1.54) is 17.1 Å². The molecule has 16 nitrogen and oxygen atoms in total. The van der Waals surface area contributed by atoms with Crippen molar-refractivity contribution in [2.45, 2.75) is 85.0 Å². The van der Waals surface area contributed by atoms with Gasteiger partial charge in [0.1, 0.15) is 6.10 Å². The molecule has 0 radical (unpaired) electrons. The molecule has 2 saturated heterocycles. The van der Waals surface area contributed by atoms with E-state index < -0.39 is 62.3 Å². The highest BCUT2D eigenvalue weighted by molar-refractivity contribution is 7.90. The Morgan fingerprint density at radius 1 is 1.00 bits per heavy atom. The standard InChI is InChI=1S/C24H42N4O10P2.C7H8O2S/c1-8-10-28-11-13-35-39(28)38-18-9-12-32-19(18)14-27-15-20(25-26-27)40(31,36-16-33-21(29)23(2,3)4)37-17-34-22(30)24(5,6)7;1-10(8,9)7-5-3-2-4-6-7/h15,18-19H,8-14,16-17H2,1-7H3;2-6H,1H3. The molecule has 0 amide bonds. The Hall–Kier alpha value is -2.33. The molecule has 0 saturated carbocycles. The highest BCUT2D eigenvalue weighted by Gasteiger charge is 2.38. The number of esters is 2. The zero-order valence-electron chi connectivity index (χ0n) is 30.0. The Bertz CT molecular complexity index is 1510. The summed E-state index contributed by atoms with van der Waals surface area (Å²) in [6.45, 7) is 14.0. The van der Waals surface area contributed by atoms with Gasteiger partial charge in [0.25, 0.3) is 8.53 Å². The number of sulfone groups is 1. The van der Waals surface area contributed by atoms with Gasteiger partial charge in [-0.3, -0.25) is 23.2 Å². The fraction of sp³-hybridized carbons (Fsp3) is 0.677. The van der Waals surface area contributed by atoms with Crippen LogP contribution in [0.3, 0.4) is 0 Å². The fourth-order valence-electron chi connectivity index (χ4n) is 4.23. The van der Waals surface area contributed by atoms with Crippen molar-refractivity contribution in [3.05, 3.63) is 36.5 Å². The maximum atomic E-state index is 13.7. The van der Waals surface area contributed by atoms with Gasteiger partial charge in [0, 0.05) is 32.4 Å². The number of rotatable bonds is 14. The van der Waals surface area contributed by atoms with Crippen LogP contribution >= 0.6 is 16.1 Å². The third kappa shape index (κ3) is 13.0. The highest BCUT2D eigenvalue weighted by Crippen LogP contribution is 2.49. The van der Waals surface area contributed by atoms with E-state index in [2.05, 4.69) is 21.9 Å². The lowest BCUT2D eigenvalue weighted by Crippen LogP contribution is -2.30. The second kappa shape index (κ2) is 18.4. The monoisotopic (exact) mass is 764 g/mol. The quantitative estimate of drug-likeness (QED) is 0.149. The van der Waals surface area contributed by atoms with Crippen molar-refractivity contribution >= 4 is 43.3 Å². The third-order valence-electron chi connectivity index (χ3n) is 7.03. The van der Waals surface area contributed by atoms with Gasteiger partial charge in [-0.05, 0) is 60.1 Å². The largest absolute Gasteiger partial charge is 0.438 e. The fourth-order valence-corrected chi connectivity index (χ4v) is 7.70. The number of carbonyl (C=O) groups excluding carboxylic acids is 2. The molecule has 0 N–H and O–H groups in total. The Morgan fingerprint density at radius 2 is 1.60 bits per heavy atom. The second-order valence-corrected chi connectivity index (χ2v) is 19.1. The van der Waals surface area contributed by atoms with E-state index in [1.54, 1.807) is 71.9 Å². The molecule has 0 spiro atoms. The normalized spacial score (nSPS) is 20.3. The van der Waals surface area contributed by atoms with Gasteiger partial charge >= 0.3 is 19.5 Å². The van der Waals surface area contributed by atoms with Crippen molar-refractivity contribution in [1.29, 1.82) is 0 Å².